The quantitative estimate of drug-likeness (QED) is 0.0366. The summed E-state index contributed by atoms with van der Waals surface area (Å²) in [6.07, 6.45) is -10.2. The molecule has 2 aliphatic rings. The Morgan fingerprint density at radius 2 is 1.08 bits per heavy atom. The van der Waals surface area contributed by atoms with Crippen LogP contribution in [0.5, 0.6) is 57.5 Å². The summed E-state index contributed by atoms with van der Waals surface area (Å²) < 4.78 is 31.7. The van der Waals surface area contributed by atoms with E-state index >= 15 is 0 Å². The molecule has 12 N–H and O–H groups in total. The largest absolute Gasteiger partial charge is 0.504 e. The Kier molecular flexibility index (Phi) is 8.52. The number of ether oxygens (including phenoxy) is 4. The fourth-order valence-corrected chi connectivity index (χ4v) is 7.37. The number of Topliss-reactive ketones (excluding diaryl/α,β-unsaturated/α-hetero) is 1. The van der Waals surface area contributed by atoms with Crippen molar-refractivity contribution in [1.82, 2.24) is 0 Å². The number of carbonyl (C=O) groups is 3. The highest BCUT2D eigenvalue weighted by Crippen LogP contribution is 2.58. The number of aliphatic hydroxyl groups excluding tert-OH is 2. The van der Waals surface area contributed by atoms with Crippen LogP contribution >= 0.6 is 0 Å². The summed E-state index contributed by atoms with van der Waals surface area (Å²) in [6, 6.07) is 0.976. The van der Waals surface area contributed by atoms with Gasteiger partial charge in [0.1, 0.15) is 18.8 Å². The molecule has 2 aromatic heterocycles. The summed E-state index contributed by atoms with van der Waals surface area (Å²) in [7, 11) is 0. The van der Waals surface area contributed by atoms with E-state index in [4.69, 9.17) is 27.8 Å². The number of benzene rings is 4. The molecule has 6 bridgehead atoms. The number of fused-ring (bicyclic) bond motifs is 5. The first-order valence-electron chi connectivity index (χ1n) is 16.6. The predicted molar refractivity (Wildman–Crippen MR) is 187 cm³/mol. The van der Waals surface area contributed by atoms with Crippen molar-refractivity contribution in [3.8, 4) is 79.7 Å². The van der Waals surface area contributed by atoms with Gasteiger partial charge in [0.15, 0.2) is 69.9 Å². The number of phenols is 10. The Morgan fingerprint density at radius 3 is 1.59 bits per heavy atom. The smallest absolute Gasteiger partial charge is 0.345 e. The molecule has 1 saturated heterocycles. The fraction of sp³-hybridized carbons (Fsp3) is 0.194. The number of ketones is 1. The molecule has 4 aromatic carbocycles. The summed E-state index contributed by atoms with van der Waals surface area (Å²) in [6.45, 7) is -2.27. The van der Waals surface area contributed by atoms with Crippen LogP contribution in [0, 0.1) is 0 Å². The Hall–Kier alpha value is -7.73. The summed E-state index contributed by atoms with van der Waals surface area (Å²) >= 11 is 0. The Bertz CT molecular complexity index is 2960. The Morgan fingerprint density at radius 1 is 0.610 bits per heavy atom. The van der Waals surface area contributed by atoms with Crippen molar-refractivity contribution in [3.63, 3.8) is 0 Å². The van der Waals surface area contributed by atoms with Crippen LogP contribution in [0.15, 0.2) is 30.6 Å². The molecule has 8 rings (SSSR count). The first-order chi connectivity index (χ1) is 27.9. The van der Waals surface area contributed by atoms with Gasteiger partial charge < -0.3 is 89.1 Å². The predicted octanol–water partition coefficient (Wildman–Crippen LogP) is 0.238. The minimum Gasteiger partial charge on any atom is -0.504 e. The zero-order chi connectivity index (χ0) is 42.7. The van der Waals surface area contributed by atoms with Gasteiger partial charge in [0.05, 0.1) is 22.9 Å². The number of hydrogen-bond acceptors (Lipinski definition) is 23. The number of esters is 1. The van der Waals surface area contributed by atoms with Gasteiger partial charge >= 0.3 is 17.2 Å². The highest BCUT2D eigenvalue weighted by atomic mass is 16.7. The van der Waals surface area contributed by atoms with E-state index < -0.39 is 191 Å². The van der Waals surface area contributed by atoms with Crippen molar-refractivity contribution in [1.29, 1.82) is 0 Å². The topological polar surface area (TPSA) is 391 Å². The molecule has 0 spiro atoms. The number of aromatic hydroxyl groups is 10. The van der Waals surface area contributed by atoms with Crippen LogP contribution < -0.4 is 11.3 Å². The van der Waals surface area contributed by atoms with Crippen LogP contribution in [-0.2, 0) is 23.7 Å². The van der Waals surface area contributed by atoms with Gasteiger partial charge in [-0.3, -0.25) is 9.59 Å². The molecule has 2 aliphatic heterocycles. The van der Waals surface area contributed by atoms with E-state index in [2.05, 4.69) is 0 Å². The molecule has 5 unspecified atom stereocenters. The molecular formula is C36H24O23. The highest BCUT2D eigenvalue weighted by molar-refractivity contribution is 6.29. The van der Waals surface area contributed by atoms with Gasteiger partial charge in [-0.1, -0.05) is 0 Å². The number of rotatable bonds is 2. The second kappa shape index (κ2) is 13.2. The van der Waals surface area contributed by atoms with Gasteiger partial charge in [0, 0.05) is 38.6 Å². The zero-order valence-electron chi connectivity index (χ0n) is 28.9. The average Bonchev–Trinajstić information content (AvgIpc) is 3.19. The summed E-state index contributed by atoms with van der Waals surface area (Å²) in [5.41, 5.74) is -11.6. The Labute approximate surface area is 322 Å². The van der Waals surface area contributed by atoms with Gasteiger partial charge in [0.25, 0.3) is 6.47 Å². The van der Waals surface area contributed by atoms with E-state index in [-0.39, 0.29) is 6.47 Å². The van der Waals surface area contributed by atoms with Crippen LogP contribution in [0.4, 0.5) is 0 Å². The van der Waals surface area contributed by atoms with Crippen molar-refractivity contribution in [3.05, 3.63) is 44.1 Å². The van der Waals surface area contributed by atoms with Gasteiger partial charge in [0.2, 0.25) is 23.0 Å². The van der Waals surface area contributed by atoms with Crippen molar-refractivity contribution in [2.24, 2.45) is 0 Å². The molecule has 0 aliphatic carbocycles. The summed E-state index contributed by atoms with van der Waals surface area (Å²) in [4.78, 5) is 67.4. The molecule has 23 nitrogen and oxygen atoms in total. The van der Waals surface area contributed by atoms with Gasteiger partial charge in [-0.05, 0) is 12.1 Å². The molecule has 6 aromatic rings. The third kappa shape index (κ3) is 5.26. The van der Waals surface area contributed by atoms with Crippen molar-refractivity contribution in [2.45, 2.75) is 30.7 Å². The van der Waals surface area contributed by atoms with Crippen molar-refractivity contribution < 1.29 is 103 Å². The molecule has 306 valence electrons. The fourth-order valence-electron chi connectivity index (χ4n) is 7.37. The van der Waals surface area contributed by atoms with E-state index in [1.807, 2.05) is 0 Å². The molecule has 0 amide bonds. The molecule has 0 saturated carbocycles. The molecule has 59 heavy (non-hydrogen) atoms. The molecule has 4 heterocycles. The summed E-state index contributed by atoms with van der Waals surface area (Å²) in [5.74, 6) is -16.7. The van der Waals surface area contributed by atoms with Crippen LogP contribution in [0.25, 0.3) is 55.0 Å². The van der Waals surface area contributed by atoms with Crippen molar-refractivity contribution in [2.75, 3.05) is 13.2 Å². The lowest BCUT2D eigenvalue weighted by Gasteiger charge is -2.41. The average molecular weight is 825 g/mol. The third-order valence-electron chi connectivity index (χ3n) is 9.99. The lowest BCUT2D eigenvalue weighted by Crippen LogP contribution is -2.61. The first kappa shape index (κ1) is 38.2. The monoisotopic (exact) mass is 824 g/mol. The molecule has 0 radical (unpaired) electrons. The van der Waals surface area contributed by atoms with Crippen LogP contribution in [0.3, 0.4) is 0 Å². The molecule has 23 heteroatoms. The normalized spacial score (nSPS) is 21.0. The maximum atomic E-state index is 14.1. The number of hydrogen-bond donors (Lipinski definition) is 12. The van der Waals surface area contributed by atoms with Gasteiger partial charge in [-0.15, -0.1) is 0 Å². The second-order valence-corrected chi connectivity index (χ2v) is 13.2. The maximum absolute atomic E-state index is 14.1. The zero-order valence-corrected chi connectivity index (χ0v) is 28.9. The molecular weight excluding hydrogens is 800 g/mol. The second-order valence-electron chi connectivity index (χ2n) is 13.2. The molecule has 5 atom stereocenters. The van der Waals surface area contributed by atoms with Crippen molar-refractivity contribution >= 4 is 50.9 Å². The highest BCUT2D eigenvalue weighted by Gasteiger charge is 2.49. The van der Waals surface area contributed by atoms with E-state index in [1.54, 1.807) is 0 Å². The number of phenolic OH excluding ortho intramolecular Hbond substituents is 10. The lowest BCUT2D eigenvalue weighted by molar-refractivity contribution is -0.288. The minimum absolute atomic E-state index is 0.219. The van der Waals surface area contributed by atoms with E-state index in [9.17, 15) is 85.3 Å². The molecule has 1 fully saturated rings. The Balaban J connectivity index is 1.58. The van der Waals surface area contributed by atoms with E-state index in [1.165, 1.54) is 0 Å². The SMILES string of the molecule is O=COC1C(O)C(O)OC2COCC(=O)c3cc(O)c(O)c(O)c3-c3c(O)c(O)c4oc(=O)c5c(c(O)c(O)c6oc(=O)c3c4c65)-c3c(cc(O)c(O)c3O)C(=O)OC21. The third-order valence-corrected chi connectivity index (χ3v) is 9.99. The minimum atomic E-state index is -2.19. The van der Waals surface area contributed by atoms with E-state index in [0.717, 1.165) is 0 Å². The standard InChI is InChI=1S/C36H24O23/c37-5-55-32-28(49)36(53)56-11-4-54-3-10(40)6-1-8(38)20(41)22(43)12(6)14-18-16-17-19(35(52)59-30(16)26(47)24(14)45)15(25(46)27(48)31(17)58-34(18)51)13-7(33(50)57-29(11)32)2-9(39)21(42)23(13)44/h1-2,5,11,28-29,32,36,38-39,41-49,53H,3-4H2. The van der Waals surface area contributed by atoms with Crippen LogP contribution in [0.1, 0.15) is 20.7 Å². The maximum Gasteiger partial charge on any atom is 0.345 e. The first-order valence-corrected chi connectivity index (χ1v) is 16.6. The lowest BCUT2D eigenvalue weighted by atomic mass is 9.87. The number of carbonyl (C=O) groups excluding carboxylic acids is 3. The van der Waals surface area contributed by atoms with Gasteiger partial charge in [-0.25, -0.2) is 14.4 Å². The van der Waals surface area contributed by atoms with Crippen LogP contribution in [0.2, 0.25) is 0 Å². The number of aliphatic hydroxyl groups is 2. The van der Waals surface area contributed by atoms with E-state index in [0.29, 0.717) is 12.1 Å². The van der Waals surface area contributed by atoms with Crippen LogP contribution in [-0.4, -0.2) is 123 Å². The van der Waals surface area contributed by atoms with Gasteiger partial charge in [-0.2, -0.15) is 0 Å². The summed E-state index contributed by atoms with van der Waals surface area (Å²) in [5, 5.41) is 128.